The van der Waals surface area contributed by atoms with Crippen LogP contribution in [0.2, 0.25) is 0 Å². The van der Waals surface area contributed by atoms with Crippen molar-refractivity contribution in [3.8, 4) is 0 Å². The van der Waals surface area contributed by atoms with Gasteiger partial charge in [-0.1, -0.05) is 0 Å². The molecule has 12 heteroatoms. The third kappa shape index (κ3) is 7.04. The van der Waals surface area contributed by atoms with Gasteiger partial charge in [-0.15, -0.1) is 0 Å². The molecule has 1 heterocycles. The summed E-state index contributed by atoms with van der Waals surface area (Å²) in [6, 6.07) is 0.252. The van der Waals surface area contributed by atoms with E-state index in [0.29, 0.717) is 4.90 Å². The number of halogens is 4. The first-order valence-corrected chi connectivity index (χ1v) is 6.01. The zero-order valence-corrected chi connectivity index (χ0v) is 12.5. The van der Waals surface area contributed by atoms with Crippen LogP contribution in [0.25, 0.3) is 0 Å². The van der Waals surface area contributed by atoms with Crippen molar-refractivity contribution in [1.82, 2.24) is 9.80 Å². The second kappa shape index (κ2) is 7.75. The summed E-state index contributed by atoms with van der Waals surface area (Å²) in [5, 5.41) is 0. The Morgan fingerprint density at radius 2 is 1.50 bits per heavy atom. The Morgan fingerprint density at radius 3 is 1.77 bits per heavy atom. The number of hydrogen-bond acceptors (Lipinski definition) is 4. The van der Waals surface area contributed by atoms with Gasteiger partial charge in [0.05, 0.1) is 28.2 Å². The summed E-state index contributed by atoms with van der Waals surface area (Å²) >= 11 is 0. The summed E-state index contributed by atoms with van der Waals surface area (Å²) in [5.74, 6) is -1.03. The van der Waals surface area contributed by atoms with Crippen molar-refractivity contribution < 1.29 is 41.0 Å². The minimum Gasteiger partial charge on any atom is -0.418 e. The van der Waals surface area contributed by atoms with E-state index in [1.807, 2.05) is 0 Å². The van der Waals surface area contributed by atoms with Gasteiger partial charge in [-0.25, -0.2) is 14.3 Å². The number of ether oxygens (including phenoxy) is 1. The molecule has 0 spiro atoms. The molecule has 0 saturated carbocycles. The third-order valence-corrected chi connectivity index (χ3v) is 2.18. The molecule has 0 bridgehead atoms. The van der Waals surface area contributed by atoms with E-state index in [9.17, 15) is 31.6 Å². The highest BCUT2D eigenvalue weighted by Gasteiger charge is 2.37. The lowest BCUT2D eigenvalue weighted by molar-refractivity contribution is -0.478. The molecule has 1 saturated heterocycles. The molecule has 0 atom stereocenters. The summed E-state index contributed by atoms with van der Waals surface area (Å²) in [6.07, 6.45) is -0.824. The van der Waals surface area contributed by atoms with Gasteiger partial charge in [0.2, 0.25) is 11.8 Å². The summed E-state index contributed by atoms with van der Waals surface area (Å²) in [7, 11) is 0.763. The first-order valence-electron chi connectivity index (χ1n) is 6.01. The number of likely N-dealkylation sites (tertiary alicyclic amines) is 1. The van der Waals surface area contributed by atoms with Crippen molar-refractivity contribution in [3.05, 3.63) is 0 Å². The van der Waals surface area contributed by atoms with Gasteiger partial charge in [-0.2, -0.15) is 4.90 Å². The van der Waals surface area contributed by atoms with Crippen molar-refractivity contribution in [3.63, 3.8) is 0 Å². The Hall–Kier alpha value is -2.14. The van der Waals surface area contributed by atoms with E-state index in [4.69, 9.17) is 4.74 Å². The van der Waals surface area contributed by atoms with E-state index in [-0.39, 0.29) is 18.9 Å². The molecule has 3 amide bonds. The van der Waals surface area contributed by atoms with Gasteiger partial charge in [-0.05, 0) is 0 Å². The number of nitrogens with zero attached hydrogens (tertiary/aromatic N) is 3. The average molecular weight is 329 g/mol. The summed E-state index contributed by atoms with van der Waals surface area (Å²) in [4.78, 5) is 36.4. The zero-order valence-electron chi connectivity index (χ0n) is 12.5. The first kappa shape index (κ1) is 19.9. The molecule has 0 aromatic rings. The van der Waals surface area contributed by atoms with E-state index in [1.165, 1.54) is 0 Å². The highest BCUT2D eigenvalue weighted by Crippen LogP contribution is 2.13. The van der Waals surface area contributed by atoms with Crippen LogP contribution in [0, 0.1) is 0 Å². The van der Waals surface area contributed by atoms with Gasteiger partial charge >= 0.3 is 19.4 Å². The van der Waals surface area contributed by atoms with E-state index < -0.39 is 25.2 Å². The average Bonchev–Trinajstić information content (AvgIpc) is 2.62. The Balaban J connectivity index is 0.000000763. The number of imide groups is 3. The van der Waals surface area contributed by atoms with Crippen LogP contribution in [0.3, 0.4) is 0 Å². The van der Waals surface area contributed by atoms with Gasteiger partial charge < -0.3 is 22.0 Å². The minimum absolute atomic E-state index is 0.0627. The van der Waals surface area contributed by atoms with Crippen molar-refractivity contribution in [2.45, 2.75) is 12.8 Å². The molecule has 126 valence electrons. The molecule has 1 aliphatic heterocycles. The topological polar surface area (TPSA) is 69.9 Å². The third-order valence-electron chi connectivity index (χ3n) is 2.18. The molecule has 1 rings (SSSR count). The number of amidine groups is 1. The van der Waals surface area contributed by atoms with Gasteiger partial charge in [0.1, 0.15) is 0 Å². The van der Waals surface area contributed by atoms with Crippen LogP contribution >= 0.6 is 0 Å². The van der Waals surface area contributed by atoms with Crippen LogP contribution in [-0.2, 0) is 14.3 Å². The lowest BCUT2D eigenvalue weighted by Gasteiger charge is -2.14. The standard InChI is InChI=1S/C10H16N3O4.BF4/c1-11(2)9(12(3)4)17-10(16)13-7(14)5-6-8(13)15;2-1(3,4)5/h5-6H2,1-4H3;/q+1;-1. The Labute approximate surface area is 124 Å². The van der Waals surface area contributed by atoms with Gasteiger partial charge in [0, 0.05) is 12.8 Å². The monoisotopic (exact) mass is 329 g/mol. The largest absolute Gasteiger partial charge is 0.673 e. The number of carbonyl (C=O) groups is 3. The molecule has 0 aromatic heterocycles. The van der Waals surface area contributed by atoms with Crippen LogP contribution in [0.5, 0.6) is 0 Å². The number of hydrogen-bond donors (Lipinski definition) is 0. The molecule has 7 nitrogen and oxygen atoms in total. The number of amides is 3. The molecule has 1 fully saturated rings. The van der Waals surface area contributed by atoms with Crippen LogP contribution in [0.15, 0.2) is 0 Å². The normalized spacial score (nSPS) is 14.3. The van der Waals surface area contributed by atoms with Crippen molar-refractivity contribution in [1.29, 1.82) is 0 Å². The number of carbonyl (C=O) groups excluding carboxylic acids is 3. The molecule has 0 aromatic carbocycles. The molecule has 1 aliphatic rings. The van der Waals surface area contributed by atoms with E-state index >= 15 is 0 Å². The van der Waals surface area contributed by atoms with Crippen LogP contribution in [-0.4, -0.2) is 73.7 Å². The van der Waals surface area contributed by atoms with Crippen molar-refractivity contribution >= 4 is 31.2 Å². The van der Waals surface area contributed by atoms with Gasteiger partial charge in [-0.3, -0.25) is 9.59 Å². The van der Waals surface area contributed by atoms with E-state index in [1.54, 1.807) is 37.7 Å². The maximum atomic E-state index is 11.7. The van der Waals surface area contributed by atoms with Crippen molar-refractivity contribution in [2.24, 2.45) is 0 Å². The van der Waals surface area contributed by atoms with Crippen LogP contribution in [0.4, 0.5) is 22.1 Å². The predicted octanol–water partition coefficient (Wildman–Crippen LogP) is 0.762. The maximum Gasteiger partial charge on any atom is 0.673 e. The highest BCUT2D eigenvalue weighted by molar-refractivity contribution is 6.50. The molecular formula is C10H16BF4N3O4. The van der Waals surface area contributed by atoms with Crippen LogP contribution in [0.1, 0.15) is 12.8 Å². The van der Waals surface area contributed by atoms with Gasteiger partial charge in [0.25, 0.3) is 0 Å². The lowest BCUT2D eigenvalue weighted by atomic mass is 10.3. The maximum absolute atomic E-state index is 11.7. The summed E-state index contributed by atoms with van der Waals surface area (Å²) in [5.41, 5.74) is 0. The highest BCUT2D eigenvalue weighted by atomic mass is 19.5. The fraction of sp³-hybridized carbons (Fsp3) is 0.600. The summed E-state index contributed by atoms with van der Waals surface area (Å²) in [6.45, 7) is 0. The first-order chi connectivity index (χ1) is 9.84. The smallest absolute Gasteiger partial charge is 0.418 e. The Morgan fingerprint density at radius 1 is 1.14 bits per heavy atom. The number of rotatable bonds is 0. The molecule has 0 aliphatic carbocycles. The quantitative estimate of drug-likeness (QED) is 0.164. The van der Waals surface area contributed by atoms with E-state index in [2.05, 4.69) is 0 Å². The molecule has 0 radical (unpaired) electrons. The van der Waals surface area contributed by atoms with Crippen LogP contribution < -0.4 is 0 Å². The summed E-state index contributed by atoms with van der Waals surface area (Å²) < 4.78 is 45.6. The second-order valence-corrected chi connectivity index (χ2v) is 4.56. The fourth-order valence-electron chi connectivity index (χ4n) is 1.49. The van der Waals surface area contributed by atoms with Crippen molar-refractivity contribution in [2.75, 3.05) is 28.2 Å². The van der Waals surface area contributed by atoms with E-state index in [0.717, 1.165) is 0 Å². The van der Waals surface area contributed by atoms with Gasteiger partial charge in [0.15, 0.2) is 0 Å². The molecule has 0 unspecified atom stereocenters. The fourth-order valence-corrected chi connectivity index (χ4v) is 1.49. The zero-order chi connectivity index (χ0) is 17.7. The SMILES string of the molecule is CN(C)C(OC(=O)N1C(=O)CCC1=O)=[N+](C)C.F[B-](F)(F)F. The Bertz CT molecular complexity index is 467. The molecular weight excluding hydrogens is 313 g/mol. The Kier molecular flexibility index (Phi) is 7.00. The molecule has 22 heavy (non-hydrogen) atoms. The lowest BCUT2D eigenvalue weighted by Crippen LogP contribution is -2.42. The second-order valence-electron chi connectivity index (χ2n) is 4.56. The molecule has 0 N–H and O–H groups in total. The predicted molar refractivity (Wildman–Crippen MR) is 68.6 cm³/mol. The minimum atomic E-state index is -6.00.